The zero-order valence-corrected chi connectivity index (χ0v) is 14.9. The minimum atomic E-state index is 0.0457. The lowest BCUT2D eigenvalue weighted by Crippen LogP contribution is -2.49. The normalized spacial score (nSPS) is 21.3. The van der Waals surface area contributed by atoms with E-state index >= 15 is 0 Å². The van der Waals surface area contributed by atoms with Crippen LogP contribution in [0.4, 0.5) is 0 Å². The first-order valence-electron chi connectivity index (χ1n) is 9.08. The summed E-state index contributed by atoms with van der Waals surface area (Å²) in [6, 6.07) is 7.71. The summed E-state index contributed by atoms with van der Waals surface area (Å²) in [6.07, 6.45) is 4.89. The van der Waals surface area contributed by atoms with Crippen LogP contribution in [0.15, 0.2) is 41.5 Å². The third-order valence-corrected chi connectivity index (χ3v) is 5.45. The van der Waals surface area contributed by atoms with Crippen LogP contribution in [0.1, 0.15) is 24.5 Å². The number of aromatic nitrogens is 2. The van der Waals surface area contributed by atoms with Crippen LogP contribution in [0.2, 0.25) is 0 Å². The zero-order chi connectivity index (χ0) is 18.1. The number of hydrogen-bond acceptors (Lipinski definition) is 4. The number of fused-ring (bicyclic) bond motifs is 4. The second kappa shape index (κ2) is 7.03. The Kier molecular flexibility index (Phi) is 4.59. The molecule has 1 amide bonds. The van der Waals surface area contributed by atoms with E-state index in [1.165, 1.54) is 0 Å². The fourth-order valence-corrected chi connectivity index (χ4v) is 4.24. The maximum Gasteiger partial charge on any atom is 0.258 e. The first-order valence-corrected chi connectivity index (χ1v) is 9.08. The average Bonchev–Trinajstić information content (AvgIpc) is 2.67. The molecule has 4 heterocycles. The minimum absolute atomic E-state index is 0.0457. The fraction of sp³-hybridized carbons (Fsp3) is 0.450. The first-order chi connectivity index (χ1) is 12.7. The molecule has 2 aliphatic rings. The Morgan fingerprint density at radius 3 is 2.92 bits per heavy atom. The number of nitrogens with zero attached hydrogens (tertiary/aromatic N) is 3. The van der Waals surface area contributed by atoms with Gasteiger partial charge in [0.25, 0.3) is 5.56 Å². The summed E-state index contributed by atoms with van der Waals surface area (Å²) in [5, 5.41) is 0. The topological polar surface area (TPSA) is 64.4 Å². The summed E-state index contributed by atoms with van der Waals surface area (Å²) < 4.78 is 6.94. The van der Waals surface area contributed by atoms with Crippen molar-refractivity contribution >= 4 is 5.91 Å². The van der Waals surface area contributed by atoms with Gasteiger partial charge in [-0.25, -0.2) is 0 Å². The SMILES string of the molecule is COCCC(=O)N1C[C@H]2C[C@H](C1)c1ccc(-c3cccnc3)c(=O)n1C2. The molecule has 0 spiro atoms. The van der Waals surface area contributed by atoms with Gasteiger partial charge in [0.05, 0.1) is 13.0 Å². The average molecular weight is 353 g/mol. The van der Waals surface area contributed by atoms with Crippen LogP contribution in [-0.2, 0) is 16.1 Å². The molecule has 1 saturated heterocycles. The number of ether oxygens (including phenoxy) is 1. The van der Waals surface area contributed by atoms with Crippen molar-refractivity contribution in [2.45, 2.75) is 25.3 Å². The monoisotopic (exact) mass is 353 g/mol. The molecular formula is C20H23N3O3. The van der Waals surface area contributed by atoms with Crippen molar-refractivity contribution in [2.75, 3.05) is 26.8 Å². The van der Waals surface area contributed by atoms with Gasteiger partial charge in [0.15, 0.2) is 0 Å². The van der Waals surface area contributed by atoms with Gasteiger partial charge in [-0.05, 0) is 30.5 Å². The van der Waals surface area contributed by atoms with E-state index in [0.29, 0.717) is 37.6 Å². The lowest BCUT2D eigenvalue weighted by molar-refractivity contribution is -0.134. The van der Waals surface area contributed by atoms with Crippen LogP contribution in [0, 0.1) is 5.92 Å². The molecule has 26 heavy (non-hydrogen) atoms. The number of piperidine rings is 1. The van der Waals surface area contributed by atoms with E-state index in [1.807, 2.05) is 33.7 Å². The molecule has 0 N–H and O–H groups in total. The van der Waals surface area contributed by atoms with E-state index in [9.17, 15) is 9.59 Å². The van der Waals surface area contributed by atoms with E-state index in [0.717, 1.165) is 24.2 Å². The largest absolute Gasteiger partial charge is 0.384 e. The van der Waals surface area contributed by atoms with Gasteiger partial charge >= 0.3 is 0 Å². The molecule has 136 valence electrons. The number of methoxy groups -OCH3 is 1. The molecule has 2 bridgehead atoms. The highest BCUT2D eigenvalue weighted by molar-refractivity contribution is 5.76. The van der Waals surface area contributed by atoms with Gasteiger partial charge < -0.3 is 14.2 Å². The highest BCUT2D eigenvalue weighted by Crippen LogP contribution is 2.35. The minimum Gasteiger partial charge on any atom is -0.384 e. The van der Waals surface area contributed by atoms with Crippen molar-refractivity contribution in [2.24, 2.45) is 5.92 Å². The summed E-state index contributed by atoms with van der Waals surface area (Å²) in [5.41, 5.74) is 2.63. The van der Waals surface area contributed by atoms with Crippen LogP contribution >= 0.6 is 0 Å². The number of rotatable bonds is 4. The van der Waals surface area contributed by atoms with Crippen LogP contribution in [0.5, 0.6) is 0 Å². The van der Waals surface area contributed by atoms with Gasteiger partial charge in [-0.1, -0.05) is 6.07 Å². The van der Waals surface area contributed by atoms with E-state index < -0.39 is 0 Å². The zero-order valence-electron chi connectivity index (χ0n) is 14.9. The standard InChI is InChI=1S/C20H23N3O3/c1-26-8-6-19(24)22-11-14-9-16(13-22)18-5-4-17(20(25)23(18)12-14)15-3-2-7-21-10-15/h2-5,7,10,14,16H,6,8-9,11-13H2,1H3/t14-,16-/m1/s1. The van der Waals surface area contributed by atoms with Gasteiger partial charge in [-0.15, -0.1) is 0 Å². The molecule has 0 unspecified atom stereocenters. The molecule has 0 saturated carbocycles. The summed E-state index contributed by atoms with van der Waals surface area (Å²) in [4.78, 5) is 31.5. The van der Waals surface area contributed by atoms with E-state index in [4.69, 9.17) is 4.74 Å². The van der Waals surface area contributed by atoms with Crippen molar-refractivity contribution in [1.29, 1.82) is 0 Å². The molecule has 1 fully saturated rings. The Bertz CT molecular complexity index is 862. The van der Waals surface area contributed by atoms with Crippen LogP contribution in [0.25, 0.3) is 11.1 Å². The molecule has 0 aliphatic carbocycles. The predicted octanol–water partition coefficient (Wildman–Crippen LogP) is 1.89. The molecule has 4 rings (SSSR count). The number of pyridine rings is 2. The van der Waals surface area contributed by atoms with Gasteiger partial charge in [-0.2, -0.15) is 0 Å². The van der Waals surface area contributed by atoms with E-state index in [-0.39, 0.29) is 17.4 Å². The summed E-state index contributed by atoms with van der Waals surface area (Å²) in [6.45, 7) is 2.54. The predicted molar refractivity (Wildman–Crippen MR) is 97.9 cm³/mol. The van der Waals surface area contributed by atoms with Gasteiger partial charge in [-0.3, -0.25) is 14.6 Å². The fourth-order valence-electron chi connectivity index (χ4n) is 4.24. The second-order valence-electron chi connectivity index (χ2n) is 7.17. The molecule has 6 nitrogen and oxygen atoms in total. The number of amides is 1. The third kappa shape index (κ3) is 3.05. The Balaban J connectivity index is 1.63. The first kappa shape index (κ1) is 17.0. The van der Waals surface area contributed by atoms with E-state index in [1.54, 1.807) is 19.5 Å². The summed E-state index contributed by atoms with van der Waals surface area (Å²) in [5.74, 6) is 0.698. The van der Waals surface area contributed by atoms with Crippen LogP contribution in [-0.4, -0.2) is 47.2 Å². The lowest BCUT2D eigenvalue weighted by atomic mass is 9.82. The quantitative estimate of drug-likeness (QED) is 0.842. The Morgan fingerprint density at radius 1 is 1.27 bits per heavy atom. The molecule has 0 radical (unpaired) electrons. The molecule has 2 aromatic heterocycles. The maximum atomic E-state index is 13.0. The number of hydrogen-bond donors (Lipinski definition) is 0. The Hall–Kier alpha value is -2.47. The number of likely N-dealkylation sites (tertiary alicyclic amines) is 1. The van der Waals surface area contributed by atoms with Gasteiger partial charge in [0.2, 0.25) is 5.91 Å². The highest BCUT2D eigenvalue weighted by atomic mass is 16.5. The molecule has 0 aromatic carbocycles. The van der Waals surface area contributed by atoms with Crippen molar-refractivity contribution < 1.29 is 9.53 Å². The summed E-state index contributed by atoms with van der Waals surface area (Å²) >= 11 is 0. The maximum absolute atomic E-state index is 13.0. The van der Waals surface area contributed by atoms with Gasteiger partial charge in [0, 0.05) is 61.9 Å². The highest BCUT2D eigenvalue weighted by Gasteiger charge is 2.36. The van der Waals surface area contributed by atoms with Crippen molar-refractivity contribution in [3.8, 4) is 11.1 Å². The molecule has 2 aromatic rings. The summed E-state index contributed by atoms with van der Waals surface area (Å²) in [7, 11) is 1.61. The van der Waals surface area contributed by atoms with Crippen molar-refractivity contribution in [3.63, 3.8) is 0 Å². The van der Waals surface area contributed by atoms with Crippen LogP contribution < -0.4 is 5.56 Å². The number of carbonyl (C=O) groups excluding carboxylic acids is 1. The number of carbonyl (C=O) groups is 1. The molecule has 2 atom stereocenters. The Morgan fingerprint density at radius 2 is 2.15 bits per heavy atom. The third-order valence-electron chi connectivity index (χ3n) is 5.45. The molecule has 6 heteroatoms. The van der Waals surface area contributed by atoms with Crippen LogP contribution in [0.3, 0.4) is 0 Å². The molecular weight excluding hydrogens is 330 g/mol. The lowest BCUT2D eigenvalue weighted by Gasteiger charge is -2.43. The second-order valence-corrected chi connectivity index (χ2v) is 7.17. The molecule has 2 aliphatic heterocycles. The Labute approximate surface area is 152 Å². The van der Waals surface area contributed by atoms with Crippen molar-refractivity contribution in [3.05, 3.63) is 52.7 Å². The van der Waals surface area contributed by atoms with Crippen molar-refractivity contribution in [1.82, 2.24) is 14.5 Å². The smallest absolute Gasteiger partial charge is 0.258 e. The van der Waals surface area contributed by atoms with E-state index in [2.05, 4.69) is 4.98 Å². The van der Waals surface area contributed by atoms with Gasteiger partial charge in [0.1, 0.15) is 0 Å².